The highest BCUT2D eigenvalue weighted by Crippen LogP contribution is 2.34. The number of nitrogens with zero attached hydrogens (tertiary/aromatic N) is 2. The number of aromatic nitrogens is 2. The molecule has 0 spiro atoms. The number of carbonyl (C=O) groups is 3. The van der Waals surface area contributed by atoms with Crippen molar-refractivity contribution in [2.75, 3.05) is 0 Å². The Balaban J connectivity index is 2.07. The maximum absolute atomic E-state index is 12.6. The van der Waals surface area contributed by atoms with Crippen LogP contribution in [0.5, 0.6) is 0 Å². The Morgan fingerprint density at radius 3 is 2.78 bits per heavy atom. The molecule has 1 aromatic rings. The number of nitrogens with two attached hydrogens (primary N) is 1. The van der Waals surface area contributed by atoms with Crippen molar-refractivity contribution in [2.45, 2.75) is 32.9 Å². The fourth-order valence-electron chi connectivity index (χ4n) is 2.90. The molecule has 0 saturated heterocycles. The van der Waals surface area contributed by atoms with E-state index in [1.54, 1.807) is 11.5 Å². The maximum atomic E-state index is 12.6. The van der Waals surface area contributed by atoms with Crippen molar-refractivity contribution in [3.63, 3.8) is 0 Å². The van der Waals surface area contributed by atoms with Crippen LogP contribution in [0.15, 0.2) is 11.3 Å². The van der Waals surface area contributed by atoms with E-state index in [1.165, 1.54) is 6.92 Å². The molecule has 1 atom stereocenters. The Bertz CT molecular complexity index is 804. The molecule has 0 bridgehead atoms. The van der Waals surface area contributed by atoms with Crippen molar-refractivity contribution in [1.29, 1.82) is 5.41 Å². The molecule has 2 amide bonds. The highest BCUT2D eigenvalue weighted by atomic mass is 16.6. The van der Waals surface area contributed by atoms with E-state index in [0.717, 1.165) is 0 Å². The zero-order valence-corrected chi connectivity index (χ0v) is 12.6. The number of amides is 2. The fraction of sp³-hybridized carbons (Fsp3) is 0.357. The van der Waals surface area contributed by atoms with Gasteiger partial charge in [0, 0.05) is 25.5 Å². The number of Topliss-reactive ketones (excluding diaryl/α,β-unsaturated/α-hetero) is 1. The molecule has 2 aliphatic rings. The number of rotatable bonds is 2. The third-order valence-electron chi connectivity index (χ3n) is 3.88. The lowest BCUT2D eigenvalue weighted by Crippen LogP contribution is -2.33. The first kappa shape index (κ1) is 14.9. The Labute approximate surface area is 131 Å². The quantitative estimate of drug-likeness (QED) is 0.724. The van der Waals surface area contributed by atoms with E-state index in [4.69, 9.17) is 15.9 Å². The molecule has 1 aliphatic heterocycles. The van der Waals surface area contributed by atoms with Crippen LogP contribution in [-0.4, -0.2) is 33.0 Å². The number of ketones is 1. The molecule has 0 fully saturated rings. The molecule has 9 heteroatoms. The second-order valence-corrected chi connectivity index (χ2v) is 5.42. The summed E-state index contributed by atoms with van der Waals surface area (Å²) in [6, 6.07) is 0. The number of allylic oxidation sites excluding steroid dienone is 2. The van der Waals surface area contributed by atoms with Gasteiger partial charge in [-0.3, -0.25) is 15.0 Å². The number of primary amides is 1. The number of imidazole rings is 1. The zero-order chi connectivity index (χ0) is 16.9. The summed E-state index contributed by atoms with van der Waals surface area (Å²) in [5.41, 5.74) is 5.90. The molecule has 4 N–H and O–H groups in total. The molecule has 0 saturated carbocycles. The van der Waals surface area contributed by atoms with Crippen LogP contribution in [-0.2, 0) is 16.1 Å². The normalized spacial score (nSPS) is 19.5. The summed E-state index contributed by atoms with van der Waals surface area (Å²) >= 11 is 0. The van der Waals surface area contributed by atoms with Crippen LogP contribution in [0.4, 0.5) is 4.79 Å². The molecule has 1 aromatic heterocycles. The first-order valence-corrected chi connectivity index (χ1v) is 7.00. The lowest BCUT2D eigenvalue weighted by Gasteiger charge is -2.19. The molecular weight excluding hydrogens is 302 g/mol. The lowest BCUT2D eigenvalue weighted by atomic mass is 9.94. The standard InChI is InChI=1S/C14H15N5O4/c1-5-9(17-6(2)20)8(15)10-11(12(5)21)19-4-3-7(13(19)18-10)23-14(16)22/h7,15H,3-4H2,1-2H3,(H2,16,22)(H,17,20). The molecule has 23 heavy (non-hydrogen) atoms. The Morgan fingerprint density at radius 2 is 2.17 bits per heavy atom. The molecular formula is C14H15N5O4. The average Bonchev–Trinajstić information content (AvgIpc) is 3.01. The van der Waals surface area contributed by atoms with Gasteiger partial charge in [-0.2, -0.15) is 0 Å². The monoisotopic (exact) mass is 317 g/mol. The van der Waals surface area contributed by atoms with Crippen molar-refractivity contribution in [3.05, 3.63) is 28.5 Å². The van der Waals surface area contributed by atoms with Gasteiger partial charge in [0.15, 0.2) is 11.9 Å². The van der Waals surface area contributed by atoms with Gasteiger partial charge >= 0.3 is 6.09 Å². The third-order valence-corrected chi connectivity index (χ3v) is 3.88. The maximum Gasteiger partial charge on any atom is 0.405 e. The average molecular weight is 317 g/mol. The predicted octanol–water partition coefficient (Wildman–Crippen LogP) is 0.397. The first-order chi connectivity index (χ1) is 10.8. The predicted molar refractivity (Wildman–Crippen MR) is 77.9 cm³/mol. The second kappa shape index (κ2) is 5.04. The fourth-order valence-corrected chi connectivity index (χ4v) is 2.90. The Kier molecular flexibility index (Phi) is 3.28. The van der Waals surface area contributed by atoms with E-state index in [1.807, 2.05) is 0 Å². The van der Waals surface area contributed by atoms with Gasteiger partial charge < -0.3 is 20.4 Å². The van der Waals surface area contributed by atoms with Crippen LogP contribution in [0.25, 0.3) is 0 Å². The van der Waals surface area contributed by atoms with Crippen molar-refractivity contribution in [1.82, 2.24) is 14.9 Å². The highest BCUT2D eigenvalue weighted by molar-refractivity contribution is 6.26. The summed E-state index contributed by atoms with van der Waals surface area (Å²) in [6.45, 7) is 3.30. The van der Waals surface area contributed by atoms with Gasteiger partial charge in [0.2, 0.25) is 11.7 Å². The SMILES string of the molecule is CC(=O)NC1=C(C)C(=O)c2c(nc3n2CCC3OC(N)=O)C1=N. The number of hydrogen-bond acceptors (Lipinski definition) is 6. The van der Waals surface area contributed by atoms with E-state index in [0.29, 0.717) is 18.8 Å². The van der Waals surface area contributed by atoms with Gasteiger partial charge in [0.05, 0.1) is 5.70 Å². The number of fused-ring (bicyclic) bond motifs is 3. The van der Waals surface area contributed by atoms with E-state index < -0.39 is 12.2 Å². The summed E-state index contributed by atoms with van der Waals surface area (Å²) in [4.78, 5) is 39.1. The first-order valence-electron chi connectivity index (χ1n) is 7.00. The van der Waals surface area contributed by atoms with E-state index in [9.17, 15) is 14.4 Å². The molecule has 1 unspecified atom stereocenters. The molecule has 0 aromatic carbocycles. The smallest absolute Gasteiger partial charge is 0.405 e. The zero-order valence-electron chi connectivity index (χ0n) is 12.6. The molecule has 3 rings (SSSR count). The van der Waals surface area contributed by atoms with Gasteiger partial charge in [-0.15, -0.1) is 0 Å². The summed E-state index contributed by atoms with van der Waals surface area (Å²) < 4.78 is 6.64. The van der Waals surface area contributed by atoms with Crippen LogP contribution in [0.3, 0.4) is 0 Å². The largest absolute Gasteiger partial charge is 0.438 e. The van der Waals surface area contributed by atoms with Crippen LogP contribution in [0, 0.1) is 5.41 Å². The van der Waals surface area contributed by atoms with Crippen molar-refractivity contribution < 1.29 is 19.1 Å². The molecule has 120 valence electrons. The van der Waals surface area contributed by atoms with Gasteiger partial charge in [0.1, 0.15) is 17.1 Å². The number of carbonyl (C=O) groups excluding carboxylic acids is 3. The summed E-state index contributed by atoms with van der Waals surface area (Å²) in [5, 5.41) is 10.7. The topological polar surface area (TPSA) is 140 Å². The minimum atomic E-state index is -0.918. The van der Waals surface area contributed by atoms with Crippen LogP contribution >= 0.6 is 0 Å². The van der Waals surface area contributed by atoms with Crippen LogP contribution in [0.2, 0.25) is 0 Å². The summed E-state index contributed by atoms with van der Waals surface area (Å²) in [7, 11) is 0. The molecule has 1 aliphatic carbocycles. The van der Waals surface area contributed by atoms with Gasteiger partial charge in [-0.25, -0.2) is 9.78 Å². The Morgan fingerprint density at radius 1 is 1.48 bits per heavy atom. The number of nitrogens with one attached hydrogen (secondary N) is 2. The lowest BCUT2D eigenvalue weighted by molar-refractivity contribution is -0.118. The van der Waals surface area contributed by atoms with Gasteiger partial charge in [-0.1, -0.05) is 0 Å². The van der Waals surface area contributed by atoms with Gasteiger partial charge in [-0.05, 0) is 6.92 Å². The van der Waals surface area contributed by atoms with E-state index in [-0.39, 0.29) is 40.1 Å². The van der Waals surface area contributed by atoms with Crippen LogP contribution in [0.1, 0.15) is 48.4 Å². The molecule has 0 radical (unpaired) electrons. The second-order valence-electron chi connectivity index (χ2n) is 5.42. The van der Waals surface area contributed by atoms with E-state index >= 15 is 0 Å². The molecule has 2 heterocycles. The van der Waals surface area contributed by atoms with Crippen molar-refractivity contribution in [2.24, 2.45) is 5.73 Å². The van der Waals surface area contributed by atoms with Gasteiger partial charge in [0.25, 0.3) is 0 Å². The minimum absolute atomic E-state index is 0.0352. The van der Waals surface area contributed by atoms with Crippen molar-refractivity contribution >= 4 is 23.5 Å². The minimum Gasteiger partial charge on any atom is -0.438 e. The third kappa shape index (κ3) is 2.20. The van der Waals surface area contributed by atoms with Crippen molar-refractivity contribution in [3.8, 4) is 0 Å². The number of ether oxygens (including phenoxy) is 1. The molecule has 9 nitrogen and oxygen atoms in total. The summed E-state index contributed by atoms with van der Waals surface area (Å²) in [5.74, 6) is -0.288. The van der Waals surface area contributed by atoms with Crippen LogP contribution < -0.4 is 11.1 Å². The number of hydrogen-bond donors (Lipinski definition) is 3. The Hall–Kier alpha value is -2.97. The van der Waals surface area contributed by atoms with E-state index in [2.05, 4.69) is 10.3 Å². The summed E-state index contributed by atoms with van der Waals surface area (Å²) in [6.07, 6.45) is -1.08. The highest BCUT2D eigenvalue weighted by Gasteiger charge is 2.39.